The molecule has 4 rings (SSSR count). The average molecular weight is 425 g/mol. The second kappa shape index (κ2) is 8.98. The van der Waals surface area contributed by atoms with E-state index in [0.29, 0.717) is 36.2 Å². The molecule has 1 aromatic heterocycles. The highest BCUT2D eigenvalue weighted by molar-refractivity contribution is 6.31. The number of halogens is 1. The Labute approximate surface area is 181 Å². The number of hydrogen-bond acceptors (Lipinski definition) is 5. The second-order valence-corrected chi connectivity index (χ2v) is 8.09. The third kappa shape index (κ3) is 4.55. The number of aromatic nitrogens is 2. The predicted molar refractivity (Wildman–Crippen MR) is 116 cm³/mol. The van der Waals surface area contributed by atoms with Crippen molar-refractivity contribution in [2.75, 3.05) is 26.2 Å². The second-order valence-electron chi connectivity index (χ2n) is 7.68. The quantitative estimate of drug-likeness (QED) is 0.615. The van der Waals surface area contributed by atoms with Gasteiger partial charge in [-0.1, -0.05) is 64.8 Å². The van der Waals surface area contributed by atoms with Crippen LogP contribution in [0.5, 0.6) is 0 Å². The van der Waals surface area contributed by atoms with Crippen molar-refractivity contribution in [1.82, 2.24) is 19.9 Å². The van der Waals surface area contributed by atoms with Gasteiger partial charge in [-0.05, 0) is 25.5 Å². The van der Waals surface area contributed by atoms with Crippen molar-refractivity contribution >= 4 is 17.5 Å². The molecule has 6 nitrogen and oxygen atoms in total. The van der Waals surface area contributed by atoms with Gasteiger partial charge in [0.2, 0.25) is 17.6 Å². The van der Waals surface area contributed by atoms with Gasteiger partial charge < -0.3 is 9.42 Å². The highest BCUT2D eigenvalue weighted by Gasteiger charge is 2.28. The summed E-state index contributed by atoms with van der Waals surface area (Å²) in [5.41, 5.74) is 3.00. The largest absolute Gasteiger partial charge is 0.340 e. The zero-order valence-electron chi connectivity index (χ0n) is 17.2. The van der Waals surface area contributed by atoms with E-state index in [1.807, 2.05) is 60.4 Å². The summed E-state index contributed by atoms with van der Waals surface area (Å²) < 4.78 is 5.53. The topological polar surface area (TPSA) is 62.5 Å². The van der Waals surface area contributed by atoms with E-state index >= 15 is 0 Å². The summed E-state index contributed by atoms with van der Waals surface area (Å²) in [7, 11) is 0. The van der Waals surface area contributed by atoms with Gasteiger partial charge in [0.1, 0.15) is 0 Å². The van der Waals surface area contributed by atoms with E-state index in [1.165, 1.54) is 5.56 Å². The molecule has 1 amide bonds. The zero-order valence-corrected chi connectivity index (χ0v) is 18.0. The highest BCUT2D eigenvalue weighted by Crippen LogP contribution is 2.24. The number of aryl methyl sites for hydroxylation is 1. The highest BCUT2D eigenvalue weighted by atomic mass is 35.5. The fourth-order valence-electron chi connectivity index (χ4n) is 3.66. The molecule has 1 unspecified atom stereocenters. The molecule has 30 heavy (non-hydrogen) atoms. The molecule has 0 radical (unpaired) electrons. The first-order valence-electron chi connectivity index (χ1n) is 10.2. The Kier molecular flexibility index (Phi) is 6.16. The number of rotatable bonds is 5. The number of amides is 1. The summed E-state index contributed by atoms with van der Waals surface area (Å²) in [5, 5.41) is 4.78. The molecule has 1 aliphatic heterocycles. The minimum Gasteiger partial charge on any atom is -0.340 e. The fourth-order valence-corrected chi connectivity index (χ4v) is 3.86. The van der Waals surface area contributed by atoms with Gasteiger partial charge in [0.25, 0.3) is 0 Å². The van der Waals surface area contributed by atoms with E-state index in [1.54, 1.807) is 0 Å². The molecular weight excluding hydrogens is 400 g/mol. The van der Waals surface area contributed by atoms with Gasteiger partial charge >= 0.3 is 0 Å². The first-order chi connectivity index (χ1) is 14.5. The van der Waals surface area contributed by atoms with Crippen LogP contribution in [0.25, 0.3) is 11.4 Å². The molecule has 1 fully saturated rings. The molecule has 1 saturated heterocycles. The minimum atomic E-state index is -0.00230. The van der Waals surface area contributed by atoms with Crippen LogP contribution in [0, 0.1) is 6.92 Å². The molecule has 156 valence electrons. The van der Waals surface area contributed by atoms with Crippen LogP contribution in [-0.2, 0) is 11.2 Å². The molecule has 1 aliphatic rings. The van der Waals surface area contributed by atoms with E-state index in [0.717, 1.165) is 24.2 Å². The first kappa shape index (κ1) is 20.6. The average Bonchev–Trinajstić information content (AvgIpc) is 3.26. The lowest BCUT2D eigenvalue weighted by Gasteiger charge is -2.36. The number of carbonyl (C=O) groups is 1. The lowest BCUT2D eigenvalue weighted by molar-refractivity contribution is -0.132. The van der Waals surface area contributed by atoms with E-state index < -0.39 is 0 Å². The Hall–Kier alpha value is -2.70. The maximum absolute atomic E-state index is 12.7. The van der Waals surface area contributed by atoms with E-state index in [-0.39, 0.29) is 11.9 Å². The fraction of sp³-hybridized carbons (Fsp3) is 0.348. The third-order valence-corrected chi connectivity index (χ3v) is 5.99. The molecule has 0 aliphatic carbocycles. The smallest absolute Gasteiger partial charge is 0.244 e. The number of piperazine rings is 1. The standard InChI is InChI=1S/C23H25ClN4O2/c1-16-7-9-18(10-8-16)22-25-23(30-26-22)17(2)27-11-13-28(14-12-27)21(29)15-19-5-3-4-6-20(19)24/h3-10,17H,11-15H2,1-2H3. The molecule has 2 aromatic carbocycles. The maximum Gasteiger partial charge on any atom is 0.244 e. The summed E-state index contributed by atoms with van der Waals surface area (Å²) in [4.78, 5) is 21.4. The lowest BCUT2D eigenvalue weighted by atomic mass is 10.1. The number of nitrogens with zero attached hydrogens (tertiary/aromatic N) is 4. The summed E-state index contributed by atoms with van der Waals surface area (Å²) in [5.74, 6) is 1.31. The van der Waals surface area contributed by atoms with Crippen molar-refractivity contribution in [2.45, 2.75) is 26.3 Å². The first-order valence-corrected chi connectivity index (χ1v) is 10.5. The summed E-state index contributed by atoms with van der Waals surface area (Å²) in [6, 6.07) is 15.6. The van der Waals surface area contributed by atoms with Crippen LogP contribution < -0.4 is 0 Å². The van der Waals surface area contributed by atoms with Crippen LogP contribution in [0.3, 0.4) is 0 Å². The van der Waals surface area contributed by atoms with Gasteiger partial charge in [-0.25, -0.2) is 0 Å². The van der Waals surface area contributed by atoms with Crippen molar-refractivity contribution < 1.29 is 9.32 Å². The molecule has 0 spiro atoms. The Morgan fingerprint density at radius 2 is 1.80 bits per heavy atom. The van der Waals surface area contributed by atoms with Gasteiger partial charge in [-0.2, -0.15) is 4.98 Å². The van der Waals surface area contributed by atoms with Crippen molar-refractivity contribution in [2.24, 2.45) is 0 Å². The molecule has 2 heterocycles. The van der Waals surface area contributed by atoms with E-state index in [9.17, 15) is 4.79 Å². The van der Waals surface area contributed by atoms with Crippen molar-refractivity contribution in [3.8, 4) is 11.4 Å². The Balaban J connectivity index is 1.34. The number of carbonyl (C=O) groups excluding carboxylic acids is 1. The van der Waals surface area contributed by atoms with Crippen molar-refractivity contribution in [3.05, 3.63) is 70.6 Å². The maximum atomic E-state index is 12.7. The van der Waals surface area contributed by atoms with Crippen LogP contribution >= 0.6 is 11.6 Å². The predicted octanol–water partition coefficient (Wildman–Crippen LogP) is 4.15. The summed E-state index contributed by atoms with van der Waals surface area (Å²) in [6.45, 7) is 6.98. The van der Waals surface area contributed by atoms with E-state index in [2.05, 4.69) is 22.0 Å². The number of hydrogen-bond donors (Lipinski definition) is 0. The Bertz CT molecular complexity index is 1010. The monoisotopic (exact) mass is 424 g/mol. The third-order valence-electron chi connectivity index (χ3n) is 5.62. The van der Waals surface area contributed by atoms with Crippen LogP contribution in [0.1, 0.15) is 30.0 Å². The molecule has 7 heteroatoms. The van der Waals surface area contributed by atoms with Crippen LogP contribution in [0.2, 0.25) is 5.02 Å². The van der Waals surface area contributed by atoms with E-state index in [4.69, 9.17) is 16.1 Å². The molecular formula is C23H25ClN4O2. The van der Waals surface area contributed by atoms with Crippen LogP contribution in [-0.4, -0.2) is 52.0 Å². The summed E-state index contributed by atoms with van der Waals surface area (Å²) in [6.07, 6.45) is 0.332. The van der Waals surface area contributed by atoms with Gasteiger partial charge in [0.05, 0.1) is 12.5 Å². The molecule has 1 atom stereocenters. The van der Waals surface area contributed by atoms with Crippen LogP contribution in [0.15, 0.2) is 53.1 Å². The minimum absolute atomic E-state index is 0.00230. The zero-order chi connectivity index (χ0) is 21.1. The van der Waals surface area contributed by atoms with Crippen molar-refractivity contribution in [1.29, 1.82) is 0 Å². The molecule has 3 aromatic rings. The normalized spacial score (nSPS) is 15.9. The summed E-state index contributed by atoms with van der Waals surface area (Å²) >= 11 is 6.19. The Morgan fingerprint density at radius 3 is 2.50 bits per heavy atom. The van der Waals surface area contributed by atoms with Gasteiger partial charge in [-0.3, -0.25) is 9.69 Å². The van der Waals surface area contributed by atoms with Gasteiger partial charge in [0.15, 0.2) is 0 Å². The molecule has 0 N–H and O–H groups in total. The Morgan fingerprint density at radius 1 is 1.10 bits per heavy atom. The molecule has 0 saturated carbocycles. The number of benzene rings is 2. The lowest BCUT2D eigenvalue weighted by Crippen LogP contribution is -2.49. The van der Waals surface area contributed by atoms with Crippen LogP contribution in [0.4, 0.5) is 0 Å². The van der Waals surface area contributed by atoms with Gasteiger partial charge in [-0.15, -0.1) is 0 Å². The van der Waals surface area contributed by atoms with Crippen molar-refractivity contribution in [3.63, 3.8) is 0 Å². The molecule has 0 bridgehead atoms. The van der Waals surface area contributed by atoms with Gasteiger partial charge in [0, 0.05) is 36.8 Å². The SMILES string of the molecule is Cc1ccc(-c2noc(C(C)N3CCN(C(=O)Cc4ccccc4Cl)CC3)n2)cc1.